The first-order chi connectivity index (χ1) is 7.06. The third-order valence-electron chi connectivity index (χ3n) is 2.58. The molecule has 15 heavy (non-hydrogen) atoms. The first-order valence-corrected chi connectivity index (χ1v) is 5.80. The van der Waals surface area contributed by atoms with Crippen molar-refractivity contribution in [1.82, 2.24) is 0 Å². The zero-order valence-corrected chi connectivity index (χ0v) is 11.2. The number of hydrogen-bond acceptors (Lipinski definition) is 2. The van der Waals surface area contributed by atoms with Crippen molar-refractivity contribution < 1.29 is 9.47 Å². The lowest BCUT2D eigenvalue weighted by molar-refractivity contribution is -0.212. The summed E-state index contributed by atoms with van der Waals surface area (Å²) in [6.07, 6.45) is 0. The Bertz CT molecular complexity index is 302. The Kier molecular flexibility index (Phi) is 4.32. The third kappa shape index (κ3) is 2.41. The number of benzene rings is 1. The van der Waals surface area contributed by atoms with E-state index in [-0.39, 0.29) is 4.83 Å². The van der Waals surface area contributed by atoms with Gasteiger partial charge in [0.25, 0.3) is 0 Å². The number of hydrogen-bond donors (Lipinski definition) is 0. The van der Waals surface area contributed by atoms with Crippen LogP contribution in [0.2, 0.25) is 0 Å². The molecule has 0 N–H and O–H groups in total. The number of rotatable bonds is 4. The van der Waals surface area contributed by atoms with Gasteiger partial charge in [0, 0.05) is 19.8 Å². The summed E-state index contributed by atoms with van der Waals surface area (Å²) in [5.41, 5.74) is 2.24. The van der Waals surface area contributed by atoms with Crippen molar-refractivity contribution in [1.29, 1.82) is 0 Å². The number of alkyl halides is 1. The highest BCUT2D eigenvalue weighted by atomic mass is 79.9. The molecule has 0 aliphatic carbocycles. The molecule has 0 aliphatic heterocycles. The van der Waals surface area contributed by atoms with Gasteiger partial charge in [0.15, 0.2) is 0 Å². The Labute approximate surface area is 99.7 Å². The van der Waals surface area contributed by atoms with Crippen LogP contribution in [0.15, 0.2) is 24.3 Å². The second-order valence-electron chi connectivity index (χ2n) is 3.56. The predicted octanol–water partition coefficient (Wildman–Crippen LogP) is 3.22. The zero-order valence-electron chi connectivity index (χ0n) is 9.58. The Morgan fingerprint density at radius 3 is 1.93 bits per heavy atom. The summed E-state index contributed by atoms with van der Waals surface area (Å²) in [5, 5.41) is 0. The Hall–Kier alpha value is -0.380. The minimum Gasteiger partial charge on any atom is -0.348 e. The molecule has 2 nitrogen and oxygen atoms in total. The average molecular weight is 273 g/mol. The molecular weight excluding hydrogens is 256 g/mol. The Balaban J connectivity index is 3.14. The van der Waals surface area contributed by atoms with Crippen molar-refractivity contribution in [3.8, 4) is 0 Å². The van der Waals surface area contributed by atoms with Crippen molar-refractivity contribution in [3.05, 3.63) is 35.4 Å². The third-order valence-corrected chi connectivity index (χ3v) is 3.19. The number of ether oxygens (including phenoxy) is 2. The fraction of sp³-hybridized carbons (Fsp3) is 0.500. The molecule has 0 saturated heterocycles. The van der Waals surface area contributed by atoms with Gasteiger partial charge in [-0.15, -0.1) is 0 Å². The minimum absolute atomic E-state index is 0.0720. The van der Waals surface area contributed by atoms with Gasteiger partial charge in [-0.25, -0.2) is 0 Å². The number of methoxy groups -OCH3 is 2. The normalized spacial score (nSPS) is 13.9. The van der Waals surface area contributed by atoms with Gasteiger partial charge in [0.2, 0.25) is 5.79 Å². The molecule has 0 bridgehead atoms. The molecule has 0 heterocycles. The van der Waals surface area contributed by atoms with E-state index < -0.39 is 5.79 Å². The highest BCUT2D eigenvalue weighted by Crippen LogP contribution is 2.34. The van der Waals surface area contributed by atoms with Crippen LogP contribution >= 0.6 is 15.9 Å². The molecule has 0 fully saturated rings. The van der Waals surface area contributed by atoms with E-state index in [1.807, 2.05) is 19.1 Å². The van der Waals surface area contributed by atoms with Gasteiger partial charge < -0.3 is 9.47 Å². The molecule has 1 aromatic carbocycles. The van der Waals surface area contributed by atoms with E-state index in [1.54, 1.807) is 14.2 Å². The van der Waals surface area contributed by atoms with Crippen LogP contribution < -0.4 is 0 Å². The molecule has 1 unspecified atom stereocenters. The van der Waals surface area contributed by atoms with E-state index in [0.717, 1.165) is 5.56 Å². The van der Waals surface area contributed by atoms with Crippen LogP contribution in [0.25, 0.3) is 0 Å². The monoisotopic (exact) mass is 272 g/mol. The molecule has 0 saturated carbocycles. The minimum atomic E-state index is -0.715. The quantitative estimate of drug-likeness (QED) is 0.619. The number of aryl methyl sites for hydroxylation is 1. The Morgan fingerprint density at radius 1 is 1.13 bits per heavy atom. The van der Waals surface area contributed by atoms with E-state index in [0.29, 0.717) is 0 Å². The summed E-state index contributed by atoms with van der Waals surface area (Å²) in [5.74, 6) is -0.715. The van der Waals surface area contributed by atoms with Crippen molar-refractivity contribution in [2.24, 2.45) is 0 Å². The summed E-state index contributed by atoms with van der Waals surface area (Å²) in [7, 11) is 3.31. The summed E-state index contributed by atoms with van der Waals surface area (Å²) in [6, 6.07) is 8.16. The maximum absolute atomic E-state index is 5.51. The van der Waals surface area contributed by atoms with Gasteiger partial charge in [-0.05, 0) is 13.8 Å². The SMILES string of the molecule is COC(OC)(c1ccc(C)cc1)C(C)Br. The maximum Gasteiger partial charge on any atom is 0.206 e. The van der Waals surface area contributed by atoms with E-state index in [9.17, 15) is 0 Å². The van der Waals surface area contributed by atoms with Crippen molar-refractivity contribution in [2.75, 3.05) is 14.2 Å². The van der Waals surface area contributed by atoms with Crippen LogP contribution in [0.1, 0.15) is 18.1 Å². The lowest BCUT2D eigenvalue weighted by atomic mass is 10.0. The fourth-order valence-corrected chi connectivity index (χ4v) is 2.30. The lowest BCUT2D eigenvalue weighted by Crippen LogP contribution is -2.38. The lowest BCUT2D eigenvalue weighted by Gasteiger charge is -2.34. The van der Waals surface area contributed by atoms with E-state index in [4.69, 9.17) is 9.47 Å². The molecule has 0 amide bonds. The van der Waals surface area contributed by atoms with Crippen LogP contribution in [0.3, 0.4) is 0 Å². The topological polar surface area (TPSA) is 18.5 Å². The van der Waals surface area contributed by atoms with Gasteiger partial charge in [-0.3, -0.25) is 0 Å². The zero-order chi connectivity index (χ0) is 11.5. The summed E-state index contributed by atoms with van der Waals surface area (Å²) in [6.45, 7) is 4.06. The molecule has 0 aliphatic rings. The highest BCUT2D eigenvalue weighted by molar-refractivity contribution is 9.09. The largest absolute Gasteiger partial charge is 0.348 e. The van der Waals surface area contributed by atoms with Crippen LogP contribution in [-0.2, 0) is 15.3 Å². The molecule has 0 spiro atoms. The fourth-order valence-electron chi connectivity index (χ4n) is 1.66. The van der Waals surface area contributed by atoms with E-state index >= 15 is 0 Å². The number of halogens is 1. The van der Waals surface area contributed by atoms with Crippen molar-refractivity contribution >= 4 is 15.9 Å². The van der Waals surface area contributed by atoms with Crippen LogP contribution in [-0.4, -0.2) is 19.0 Å². The summed E-state index contributed by atoms with van der Waals surface area (Å²) >= 11 is 3.52. The molecule has 1 atom stereocenters. The highest BCUT2D eigenvalue weighted by Gasteiger charge is 2.37. The average Bonchev–Trinajstić information content (AvgIpc) is 2.22. The molecule has 0 aromatic heterocycles. The smallest absolute Gasteiger partial charge is 0.206 e. The summed E-state index contributed by atoms with van der Waals surface area (Å²) in [4.78, 5) is 0.0720. The van der Waals surface area contributed by atoms with Gasteiger partial charge in [-0.1, -0.05) is 45.8 Å². The first kappa shape index (κ1) is 12.7. The Morgan fingerprint density at radius 2 is 1.60 bits per heavy atom. The van der Waals surface area contributed by atoms with Crippen molar-refractivity contribution in [3.63, 3.8) is 0 Å². The van der Waals surface area contributed by atoms with Crippen LogP contribution in [0.4, 0.5) is 0 Å². The summed E-state index contributed by atoms with van der Waals surface area (Å²) < 4.78 is 11.0. The van der Waals surface area contributed by atoms with E-state index in [1.165, 1.54) is 5.56 Å². The van der Waals surface area contributed by atoms with Gasteiger partial charge in [0.1, 0.15) is 0 Å². The van der Waals surface area contributed by atoms with E-state index in [2.05, 4.69) is 35.0 Å². The second kappa shape index (κ2) is 5.10. The molecule has 3 heteroatoms. The molecular formula is C12H17BrO2. The van der Waals surface area contributed by atoms with Crippen LogP contribution in [0, 0.1) is 6.92 Å². The molecule has 1 aromatic rings. The standard InChI is InChI=1S/C12H17BrO2/c1-9-5-7-11(8-6-9)12(14-3,15-4)10(2)13/h5-8,10H,1-4H3. The van der Waals surface area contributed by atoms with Gasteiger partial charge in [-0.2, -0.15) is 0 Å². The van der Waals surface area contributed by atoms with Crippen LogP contribution in [0.5, 0.6) is 0 Å². The molecule has 1 rings (SSSR count). The molecule has 84 valence electrons. The molecule has 0 radical (unpaired) electrons. The second-order valence-corrected chi connectivity index (χ2v) is 4.93. The van der Waals surface area contributed by atoms with Gasteiger partial charge in [0.05, 0.1) is 4.83 Å². The predicted molar refractivity (Wildman–Crippen MR) is 65.3 cm³/mol. The van der Waals surface area contributed by atoms with Crippen molar-refractivity contribution in [2.45, 2.75) is 24.5 Å². The van der Waals surface area contributed by atoms with Gasteiger partial charge >= 0.3 is 0 Å². The maximum atomic E-state index is 5.51. The first-order valence-electron chi connectivity index (χ1n) is 4.88.